The largest absolute Gasteiger partial charge is 0.363 e. The van der Waals surface area contributed by atoms with Crippen LogP contribution in [-0.2, 0) is 0 Å². The summed E-state index contributed by atoms with van der Waals surface area (Å²) in [6.07, 6.45) is 6.24. The van der Waals surface area contributed by atoms with Crippen LogP contribution >= 0.6 is 0 Å². The minimum Gasteiger partial charge on any atom is -0.363 e. The highest BCUT2D eigenvalue weighted by Gasteiger charge is 2.14. The first-order valence-electron chi connectivity index (χ1n) is 4.45. The maximum Gasteiger partial charge on any atom is 0.284 e. The second kappa shape index (κ2) is 4.07. The summed E-state index contributed by atoms with van der Waals surface area (Å²) in [5, 5.41) is 0. The Morgan fingerprint density at radius 3 is 2.77 bits per heavy atom. The Kier molecular flexibility index (Phi) is 3.06. The Labute approximate surface area is 77.8 Å². The van der Waals surface area contributed by atoms with Crippen LogP contribution in [0.25, 0.3) is 0 Å². The average Bonchev–Trinajstić information content (AvgIpc) is 2.55. The number of hydrogen-bond acceptors (Lipinski definition) is 2. The SMILES string of the molecule is CCC(CC)n1c[c]nc1C(N)=O. The summed E-state index contributed by atoms with van der Waals surface area (Å²) in [5.41, 5.74) is 5.16. The number of rotatable bonds is 4. The molecular weight excluding hydrogens is 166 g/mol. The molecule has 1 aromatic heterocycles. The molecule has 1 heterocycles. The van der Waals surface area contributed by atoms with Gasteiger partial charge in [-0.3, -0.25) is 4.79 Å². The molecule has 0 bridgehead atoms. The quantitative estimate of drug-likeness (QED) is 0.755. The zero-order chi connectivity index (χ0) is 9.84. The molecule has 0 fully saturated rings. The fourth-order valence-corrected chi connectivity index (χ4v) is 1.41. The molecular formula is C9H14N3O. The molecule has 0 unspecified atom stereocenters. The van der Waals surface area contributed by atoms with E-state index in [1.54, 1.807) is 10.8 Å². The highest BCUT2D eigenvalue weighted by atomic mass is 16.1. The summed E-state index contributed by atoms with van der Waals surface area (Å²) in [6.45, 7) is 4.14. The van der Waals surface area contributed by atoms with Gasteiger partial charge in [-0.25, -0.2) is 4.98 Å². The molecule has 1 rings (SSSR count). The monoisotopic (exact) mass is 180 g/mol. The van der Waals surface area contributed by atoms with Gasteiger partial charge in [-0.1, -0.05) is 13.8 Å². The lowest BCUT2D eigenvalue weighted by Gasteiger charge is -2.15. The Bertz CT molecular complexity index is 289. The molecule has 0 aliphatic carbocycles. The molecule has 0 aliphatic heterocycles. The van der Waals surface area contributed by atoms with E-state index in [4.69, 9.17) is 5.73 Å². The van der Waals surface area contributed by atoms with E-state index in [1.165, 1.54) is 0 Å². The number of carbonyl (C=O) groups excluding carboxylic acids is 1. The predicted octanol–water partition coefficient (Wildman–Crippen LogP) is 1.14. The van der Waals surface area contributed by atoms with E-state index < -0.39 is 5.91 Å². The Hall–Kier alpha value is -1.32. The van der Waals surface area contributed by atoms with Crippen molar-refractivity contribution in [2.24, 2.45) is 5.73 Å². The molecule has 0 aromatic carbocycles. The topological polar surface area (TPSA) is 60.9 Å². The first-order chi connectivity index (χ1) is 6.20. The molecule has 1 amide bonds. The molecule has 0 aliphatic rings. The van der Waals surface area contributed by atoms with Gasteiger partial charge in [-0.2, -0.15) is 0 Å². The van der Waals surface area contributed by atoms with Crippen molar-refractivity contribution in [1.82, 2.24) is 9.55 Å². The zero-order valence-electron chi connectivity index (χ0n) is 7.95. The molecule has 4 nitrogen and oxygen atoms in total. The smallest absolute Gasteiger partial charge is 0.284 e. The van der Waals surface area contributed by atoms with E-state index in [9.17, 15) is 4.79 Å². The van der Waals surface area contributed by atoms with Crippen LogP contribution in [-0.4, -0.2) is 15.5 Å². The summed E-state index contributed by atoms with van der Waals surface area (Å²) < 4.78 is 1.79. The first kappa shape index (κ1) is 9.77. The normalized spacial score (nSPS) is 10.7. The Balaban J connectivity index is 2.98. The number of primary amides is 1. The van der Waals surface area contributed by atoms with Crippen molar-refractivity contribution in [3.8, 4) is 0 Å². The first-order valence-corrected chi connectivity index (χ1v) is 4.45. The minimum absolute atomic E-state index is 0.293. The van der Waals surface area contributed by atoms with Crippen LogP contribution in [0.2, 0.25) is 0 Å². The van der Waals surface area contributed by atoms with Gasteiger partial charge >= 0.3 is 0 Å². The second-order valence-corrected chi connectivity index (χ2v) is 2.94. The fraction of sp³-hybridized carbons (Fsp3) is 0.556. The standard InChI is InChI=1S/C9H14N3O/c1-3-7(4-2)12-6-5-11-9(12)8(10)13/h6-7H,3-4H2,1-2H3,(H2,10,13). The molecule has 0 saturated carbocycles. The highest BCUT2D eigenvalue weighted by Crippen LogP contribution is 2.16. The number of imidazole rings is 1. The van der Waals surface area contributed by atoms with Crippen molar-refractivity contribution >= 4 is 5.91 Å². The van der Waals surface area contributed by atoms with Gasteiger partial charge in [0.25, 0.3) is 5.91 Å². The lowest BCUT2D eigenvalue weighted by atomic mass is 10.1. The highest BCUT2D eigenvalue weighted by molar-refractivity contribution is 5.89. The van der Waals surface area contributed by atoms with Crippen molar-refractivity contribution < 1.29 is 4.79 Å². The lowest BCUT2D eigenvalue weighted by molar-refractivity contribution is 0.0983. The third kappa shape index (κ3) is 1.88. The molecule has 0 spiro atoms. The van der Waals surface area contributed by atoms with Gasteiger partial charge in [0.2, 0.25) is 0 Å². The van der Waals surface area contributed by atoms with Crippen LogP contribution in [0.1, 0.15) is 43.3 Å². The van der Waals surface area contributed by atoms with Gasteiger partial charge in [0, 0.05) is 12.2 Å². The number of nitrogens with zero attached hydrogens (tertiary/aromatic N) is 2. The lowest BCUT2D eigenvalue weighted by Crippen LogP contribution is -2.20. The van der Waals surface area contributed by atoms with Crippen LogP contribution in [0, 0.1) is 6.20 Å². The third-order valence-electron chi connectivity index (χ3n) is 2.17. The summed E-state index contributed by atoms with van der Waals surface area (Å²) in [6, 6.07) is 0.293. The van der Waals surface area contributed by atoms with Gasteiger partial charge in [-0.05, 0) is 12.8 Å². The minimum atomic E-state index is -0.492. The van der Waals surface area contributed by atoms with Crippen LogP contribution in [0.5, 0.6) is 0 Å². The van der Waals surface area contributed by atoms with E-state index >= 15 is 0 Å². The summed E-state index contributed by atoms with van der Waals surface area (Å²) in [4.78, 5) is 14.7. The Morgan fingerprint density at radius 2 is 2.31 bits per heavy atom. The van der Waals surface area contributed by atoms with Crippen molar-refractivity contribution in [1.29, 1.82) is 0 Å². The van der Waals surface area contributed by atoms with Crippen LogP contribution in [0.4, 0.5) is 0 Å². The zero-order valence-corrected chi connectivity index (χ0v) is 7.95. The molecule has 4 heteroatoms. The third-order valence-corrected chi connectivity index (χ3v) is 2.17. The van der Waals surface area contributed by atoms with Gasteiger partial charge in [0.1, 0.15) is 6.20 Å². The maximum atomic E-state index is 10.9. The van der Waals surface area contributed by atoms with Crippen LogP contribution in [0.15, 0.2) is 6.20 Å². The van der Waals surface area contributed by atoms with E-state index in [2.05, 4.69) is 25.0 Å². The van der Waals surface area contributed by atoms with Crippen molar-refractivity contribution in [2.75, 3.05) is 0 Å². The second-order valence-electron chi connectivity index (χ2n) is 2.94. The van der Waals surface area contributed by atoms with Crippen molar-refractivity contribution in [3.05, 3.63) is 18.2 Å². The molecule has 13 heavy (non-hydrogen) atoms. The average molecular weight is 180 g/mol. The number of nitrogens with two attached hydrogens (primary N) is 1. The van der Waals surface area contributed by atoms with E-state index in [0.717, 1.165) is 12.8 Å². The van der Waals surface area contributed by atoms with Crippen LogP contribution < -0.4 is 5.73 Å². The number of hydrogen-bond donors (Lipinski definition) is 1. The van der Waals surface area contributed by atoms with E-state index in [-0.39, 0.29) is 0 Å². The molecule has 1 radical (unpaired) electrons. The summed E-state index contributed by atoms with van der Waals surface area (Å²) in [5.74, 6) is -0.193. The molecule has 71 valence electrons. The summed E-state index contributed by atoms with van der Waals surface area (Å²) >= 11 is 0. The van der Waals surface area contributed by atoms with Gasteiger partial charge in [0.05, 0.1) is 0 Å². The van der Waals surface area contributed by atoms with Crippen molar-refractivity contribution in [2.45, 2.75) is 32.7 Å². The Morgan fingerprint density at radius 1 is 1.69 bits per heavy atom. The number of aromatic nitrogens is 2. The van der Waals surface area contributed by atoms with E-state index in [0.29, 0.717) is 11.9 Å². The summed E-state index contributed by atoms with van der Waals surface area (Å²) in [7, 11) is 0. The van der Waals surface area contributed by atoms with Gasteiger partial charge in [0.15, 0.2) is 5.82 Å². The molecule has 0 saturated heterocycles. The van der Waals surface area contributed by atoms with E-state index in [1.807, 2.05) is 0 Å². The van der Waals surface area contributed by atoms with Gasteiger partial charge in [-0.15, -0.1) is 0 Å². The number of amides is 1. The predicted molar refractivity (Wildman–Crippen MR) is 49.2 cm³/mol. The molecule has 2 N–H and O–H groups in total. The fourth-order valence-electron chi connectivity index (χ4n) is 1.41. The maximum absolute atomic E-state index is 10.9. The van der Waals surface area contributed by atoms with Crippen LogP contribution in [0.3, 0.4) is 0 Å². The molecule has 0 atom stereocenters. The van der Waals surface area contributed by atoms with Gasteiger partial charge < -0.3 is 10.3 Å². The molecule has 1 aromatic rings. The van der Waals surface area contributed by atoms with Crippen molar-refractivity contribution in [3.63, 3.8) is 0 Å². The number of carbonyl (C=O) groups is 1.